The molecule has 0 aliphatic heterocycles. The van der Waals surface area contributed by atoms with Gasteiger partial charge in [-0.15, -0.1) is 0 Å². The summed E-state index contributed by atoms with van der Waals surface area (Å²) in [4.78, 5) is 10.4. The summed E-state index contributed by atoms with van der Waals surface area (Å²) >= 11 is 0. The van der Waals surface area contributed by atoms with Crippen molar-refractivity contribution in [2.75, 3.05) is 0 Å². The largest absolute Gasteiger partial charge is 0.507 e. The molecule has 0 amide bonds. The molecule has 0 aliphatic rings. The van der Waals surface area contributed by atoms with Crippen molar-refractivity contribution in [1.29, 1.82) is 0 Å². The zero-order chi connectivity index (χ0) is 17.6. The highest BCUT2D eigenvalue weighted by atomic mass is 32.2. The summed E-state index contributed by atoms with van der Waals surface area (Å²) in [5.74, 6) is -2.11. The number of hydrogen-bond donors (Lipinski definition) is 4. The van der Waals surface area contributed by atoms with E-state index in [1.54, 1.807) is 0 Å². The first-order valence-corrected chi connectivity index (χ1v) is 7.88. The molecule has 10 heteroatoms. The lowest BCUT2D eigenvalue weighted by molar-refractivity contribution is 0.0690. The van der Waals surface area contributed by atoms with Crippen molar-refractivity contribution >= 4 is 26.9 Å². The molecule has 124 valence electrons. The van der Waals surface area contributed by atoms with E-state index >= 15 is 0 Å². The number of carboxylic acids is 1. The number of aromatic nitrogens is 2. The smallest absolute Gasteiger partial charge is 0.356 e. The SMILES string of the molecule is O=C(O)c1cc(O)n(-c2ccc3c(O)cc(S(=O)(=O)O)cc3c2)n1. The second-order valence-electron chi connectivity index (χ2n) is 4.93. The Kier molecular flexibility index (Phi) is 3.43. The Hall–Kier alpha value is -3.11. The number of aromatic hydroxyl groups is 2. The highest BCUT2D eigenvalue weighted by molar-refractivity contribution is 7.85. The number of fused-ring (bicyclic) bond motifs is 1. The Labute approximate surface area is 134 Å². The molecule has 1 aromatic heterocycles. The van der Waals surface area contributed by atoms with Crippen LogP contribution in [0, 0.1) is 0 Å². The van der Waals surface area contributed by atoms with Gasteiger partial charge in [-0.05, 0) is 29.7 Å². The van der Waals surface area contributed by atoms with Crippen molar-refractivity contribution in [2.45, 2.75) is 4.90 Å². The van der Waals surface area contributed by atoms with Crippen LogP contribution in [0.1, 0.15) is 10.5 Å². The van der Waals surface area contributed by atoms with Gasteiger partial charge in [0, 0.05) is 17.5 Å². The van der Waals surface area contributed by atoms with Gasteiger partial charge in [0.25, 0.3) is 10.1 Å². The van der Waals surface area contributed by atoms with Gasteiger partial charge in [-0.2, -0.15) is 13.5 Å². The minimum atomic E-state index is -4.52. The van der Waals surface area contributed by atoms with Crippen molar-refractivity contribution in [1.82, 2.24) is 9.78 Å². The third-order valence-electron chi connectivity index (χ3n) is 3.34. The zero-order valence-electron chi connectivity index (χ0n) is 11.8. The van der Waals surface area contributed by atoms with Crippen LogP contribution in [-0.4, -0.2) is 44.0 Å². The molecule has 24 heavy (non-hydrogen) atoms. The van der Waals surface area contributed by atoms with Gasteiger partial charge in [0.05, 0.1) is 10.6 Å². The van der Waals surface area contributed by atoms with Gasteiger partial charge >= 0.3 is 5.97 Å². The Balaban J connectivity index is 2.23. The molecule has 0 spiro atoms. The summed E-state index contributed by atoms with van der Waals surface area (Å²) < 4.78 is 32.5. The molecular formula is C14H10N2O7S. The maximum absolute atomic E-state index is 11.2. The fourth-order valence-corrected chi connectivity index (χ4v) is 2.79. The molecule has 3 rings (SSSR count). The van der Waals surface area contributed by atoms with Gasteiger partial charge < -0.3 is 15.3 Å². The van der Waals surface area contributed by atoms with E-state index in [0.717, 1.165) is 22.9 Å². The third-order valence-corrected chi connectivity index (χ3v) is 4.17. The predicted octanol–water partition coefficient (Wildman–Crippen LogP) is 1.38. The monoisotopic (exact) mass is 350 g/mol. The van der Waals surface area contributed by atoms with Gasteiger partial charge in [-0.25, -0.2) is 9.48 Å². The summed E-state index contributed by atoms with van der Waals surface area (Å²) in [7, 11) is -4.52. The van der Waals surface area contributed by atoms with Crippen LogP contribution in [0.3, 0.4) is 0 Å². The molecule has 1 heterocycles. The van der Waals surface area contributed by atoms with Crippen LogP contribution in [0.4, 0.5) is 0 Å². The minimum absolute atomic E-state index is 0.236. The van der Waals surface area contributed by atoms with Crippen molar-refractivity contribution in [3.05, 3.63) is 42.1 Å². The van der Waals surface area contributed by atoms with E-state index in [1.807, 2.05) is 0 Å². The number of rotatable bonds is 3. The van der Waals surface area contributed by atoms with Crippen molar-refractivity contribution in [2.24, 2.45) is 0 Å². The number of phenols is 1. The number of hydrogen-bond acceptors (Lipinski definition) is 6. The van der Waals surface area contributed by atoms with Gasteiger partial charge in [0.15, 0.2) is 5.69 Å². The first kappa shape index (κ1) is 15.8. The summed E-state index contributed by atoms with van der Waals surface area (Å²) in [6.45, 7) is 0. The van der Waals surface area contributed by atoms with E-state index in [0.29, 0.717) is 5.39 Å². The highest BCUT2D eigenvalue weighted by Gasteiger charge is 2.16. The van der Waals surface area contributed by atoms with E-state index in [-0.39, 0.29) is 22.5 Å². The fraction of sp³-hybridized carbons (Fsp3) is 0. The molecular weight excluding hydrogens is 340 g/mol. The van der Waals surface area contributed by atoms with Gasteiger partial charge in [-0.1, -0.05) is 0 Å². The Morgan fingerprint density at radius 3 is 2.38 bits per heavy atom. The van der Waals surface area contributed by atoms with E-state index in [2.05, 4.69) is 5.10 Å². The topological polar surface area (TPSA) is 150 Å². The molecule has 0 atom stereocenters. The highest BCUT2D eigenvalue weighted by Crippen LogP contribution is 2.31. The molecule has 0 saturated heterocycles. The normalized spacial score (nSPS) is 11.7. The van der Waals surface area contributed by atoms with Crippen molar-refractivity contribution < 1.29 is 33.1 Å². The summed E-state index contributed by atoms with van der Waals surface area (Å²) in [5, 5.41) is 32.8. The molecule has 3 aromatic rings. The summed E-state index contributed by atoms with van der Waals surface area (Å²) in [6, 6.07) is 7.27. The quantitative estimate of drug-likeness (QED) is 0.517. The van der Waals surface area contributed by atoms with Crippen molar-refractivity contribution in [3.63, 3.8) is 0 Å². The van der Waals surface area contributed by atoms with Crippen LogP contribution < -0.4 is 0 Å². The maximum Gasteiger partial charge on any atom is 0.356 e. The molecule has 0 unspecified atom stereocenters. The molecule has 0 bridgehead atoms. The lowest BCUT2D eigenvalue weighted by atomic mass is 10.1. The van der Waals surface area contributed by atoms with E-state index in [1.165, 1.54) is 18.2 Å². The molecule has 4 N–H and O–H groups in total. The first-order chi connectivity index (χ1) is 11.2. The Bertz CT molecular complexity index is 1090. The second kappa shape index (κ2) is 5.22. The molecule has 9 nitrogen and oxygen atoms in total. The molecule has 2 aromatic carbocycles. The Morgan fingerprint density at radius 1 is 1.08 bits per heavy atom. The standard InChI is InChI=1S/C14H10N2O7S/c17-12-5-9(24(21,22)23)4-7-3-8(1-2-10(7)12)16-13(18)6-11(15-16)14(19)20/h1-6,17-18H,(H,19,20)(H,21,22,23). The van der Waals surface area contributed by atoms with Crippen LogP contribution in [0.25, 0.3) is 16.5 Å². The number of nitrogens with zero attached hydrogens (tertiary/aromatic N) is 2. The Morgan fingerprint density at radius 2 is 1.79 bits per heavy atom. The van der Waals surface area contributed by atoms with Gasteiger partial charge in [-0.3, -0.25) is 4.55 Å². The maximum atomic E-state index is 11.2. The predicted molar refractivity (Wildman–Crippen MR) is 81.2 cm³/mol. The third kappa shape index (κ3) is 2.64. The fourth-order valence-electron chi connectivity index (χ4n) is 2.26. The summed E-state index contributed by atoms with van der Waals surface area (Å²) in [5.41, 5.74) is -0.137. The van der Waals surface area contributed by atoms with Gasteiger partial charge in [0.1, 0.15) is 5.75 Å². The lowest BCUT2D eigenvalue weighted by Crippen LogP contribution is -2.01. The van der Waals surface area contributed by atoms with E-state index < -0.39 is 26.9 Å². The summed E-state index contributed by atoms with van der Waals surface area (Å²) in [6.07, 6.45) is 0. The minimum Gasteiger partial charge on any atom is -0.507 e. The average Bonchev–Trinajstić information content (AvgIpc) is 2.88. The van der Waals surface area contributed by atoms with E-state index in [4.69, 9.17) is 9.66 Å². The van der Waals surface area contributed by atoms with Crippen LogP contribution in [0.5, 0.6) is 11.6 Å². The number of aromatic carboxylic acids is 1. The van der Waals surface area contributed by atoms with Crippen molar-refractivity contribution in [3.8, 4) is 17.3 Å². The first-order valence-electron chi connectivity index (χ1n) is 6.44. The lowest BCUT2D eigenvalue weighted by Gasteiger charge is -2.08. The zero-order valence-corrected chi connectivity index (χ0v) is 12.6. The van der Waals surface area contributed by atoms with Crippen LogP contribution >= 0.6 is 0 Å². The number of phenolic OH excluding ortho intramolecular Hbond substituents is 1. The number of carboxylic acid groups (broad SMARTS) is 1. The molecule has 0 saturated carbocycles. The molecule has 0 radical (unpaired) electrons. The average molecular weight is 350 g/mol. The van der Waals surface area contributed by atoms with E-state index in [9.17, 15) is 23.4 Å². The van der Waals surface area contributed by atoms with Crippen LogP contribution in [-0.2, 0) is 10.1 Å². The number of carbonyl (C=O) groups is 1. The molecule has 0 aliphatic carbocycles. The number of benzene rings is 2. The van der Waals surface area contributed by atoms with Crippen LogP contribution in [0.2, 0.25) is 0 Å². The van der Waals surface area contributed by atoms with Crippen LogP contribution in [0.15, 0.2) is 41.3 Å². The van der Waals surface area contributed by atoms with Gasteiger partial charge in [0.2, 0.25) is 5.88 Å². The molecule has 0 fully saturated rings. The second-order valence-corrected chi connectivity index (χ2v) is 6.35.